The van der Waals surface area contributed by atoms with Crippen LogP contribution in [-0.4, -0.2) is 28.9 Å². The molecule has 1 amide bonds. The van der Waals surface area contributed by atoms with Gasteiger partial charge in [0.2, 0.25) is 0 Å². The van der Waals surface area contributed by atoms with Gasteiger partial charge in [-0.05, 0) is 36.8 Å². The molecule has 1 N–H and O–H groups in total. The van der Waals surface area contributed by atoms with Gasteiger partial charge in [0, 0.05) is 6.07 Å². The van der Waals surface area contributed by atoms with E-state index in [9.17, 15) is 4.79 Å². The highest BCUT2D eigenvalue weighted by Gasteiger charge is 2.18. The van der Waals surface area contributed by atoms with Gasteiger partial charge in [-0.1, -0.05) is 35.9 Å². The summed E-state index contributed by atoms with van der Waals surface area (Å²) in [5.74, 6) is 1.56. The third-order valence-electron chi connectivity index (χ3n) is 3.97. The van der Waals surface area contributed by atoms with Gasteiger partial charge < -0.3 is 14.8 Å². The van der Waals surface area contributed by atoms with Gasteiger partial charge in [0.05, 0.1) is 24.9 Å². The quantitative estimate of drug-likeness (QED) is 0.667. The molecular weight excluding hydrogens is 366 g/mol. The summed E-state index contributed by atoms with van der Waals surface area (Å²) < 4.78 is 12.5. The summed E-state index contributed by atoms with van der Waals surface area (Å²) >= 11 is 6.07. The number of carbonyl (C=O) groups excluding carboxylic acids is 1. The first-order valence-electron chi connectivity index (χ1n) is 8.43. The van der Waals surface area contributed by atoms with Crippen molar-refractivity contribution >= 4 is 23.3 Å². The molecule has 0 aliphatic rings. The fourth-order valence-electron chi connectivity index (χ4n) is 2.48. The van der Waals surface area contributed by atoms with Crippen molar-refractivity contribution in [3.05, 3.63) is 71.4 Å². The molecule has 6 nitrogen and oxygen atoms in total. The maximum Gasteiger partial charge on any atom is 0.266 e. The molecule has 3 rings (SSSR count). The molecular formula is C20H20ClN3O3. The van der Waals surface area contributed by atoms with Crippen LogP contribution in [0.1, 0.15) is 12.5 Å². The summed E-state index contributed by atoms with van der Waals surface area (Å²) in [6.07, 6.45) is 0.924. The standard InChI is InChI=1S/C20H20ClN3O3/c1-14(27-18-6-4-3-5-17(18)21)20(25)23-19-11-12-22-24(19)13-15-7-9-16(26-2)10-8-15/h3-12,14H,13H2,1-2H3,(H,23,25)/t14-/m1/s1. The van der Waals surface area contributed by atoms with Gasteiger partial charge in [-0.15, -0.1) is 0 Å². The second kappa shape index (κ2) is 8.60. The highest BCUT2D eigenvalue weighted by molar-refractivity contribution is 6.32. The number of halogens is 1. The van der Waals surface area contributed by atoms with Crippen LogP contribution in [0.2, 0.25) is 5.02 Å². The molecule has 1 heterocycles. The number of amides is 1. The van der Waals surface area contributed by atoms with Crippen LogP contribution in [0.3, 0.4) is 0 Å². The van der Waals surface area contributed by atoms with Crippen molar-refractivity contribution in [3.8, 4) is 11.5 Å². The molecule has 3 aromatic rings. The van der Waals surface area contributed by atoms with E-state index in [1.807, 2.05) is 24.3 Å². The molecule has 27 heavy (non-hydrogen) atoms. The van der Waals surface area contributed by atoms with Crippen LogP contribution in [0.5, 0.6) is 11.5 Å². The van der Waals surface area contributed by atoms with Gasteiger partial charge in [0.25, 0.3) is 5.91 Å². The number of ether oxygens (including phenoxy) is 2. The lowest BCUT2D eigenvalue weighted by Crippen LogP contribution is -2.31. The molecule has 2 aromatic carbocycles. The van der Waals surface area contributed by atoms with Crippen molar-refractivity contribution in [2.24, 2.45) is 0 Å². The Morgan fingerprint density at radius 3 is 2.63 bits per heavy atom. The molecule has 0 aliphatic heterocycles. The number of para-hydroxylation sites is 1. The SMILES string of the molecule is COc1ccc(Cn2nccc2NC(=O)[C@@H](C)Oc2ccccc2Cl)cc1. The lowest BCUT2D eigenvalue weighted by atomic mass is 10.2. The van der Waals surface area contributed by atoms with Gasteiger partial charge in [-0.2, -0.15) is 5.10 Å². The number of carbonyl (C=O) groups is 1. The van der Waals surface area contributed by atoms with E-state index in [1.54, 1.807) is 55.2 Å². The number of aromatic nitrogens is 2. The van der Waals surface area contributed by atoms with Gasteiger partial charge in [0.15, 0.2) is 6.10 Å². The Balaban J connectivity index is 1.64. The summed E-state index contributed by atoms with van der Waals surface area (Å²) in [5.41, 5.74) is 1.04. The normalized spacial score (nSPS) is 11.7. The lowest BCUT2D eigenvalue weighted by molar-refractivity contribution is -0.122. The van der Waals surface area contributed by atoms with Crippen LogP contribution < -0.4 is 14.8 Å². The minimum absolute atomic E-state index is 0.286. The van der Waals surface area contributed by atoms with Crippen LogP contribution in [0.15, 0.2) is 60.8 Å². The largest absolute Gasteiger partial charge is 0.497 e. The molecule has 0 unspecified atom stereocenters. The molecule has 0 aliphatic carbocycles. The van der Waals surface area contributed by atoms with E-state index in [0.717, 1.165) is 11.3 Å². The Morgan fingerprint density at radius 2 is 1.93 bits per heavy atom. The Hall–Kier alpha value is -2.99. The zero-order valence-corrected chi connectivity index (χ0v) is 15.8. The fourth-order valence-corrected chi connectivity index (χ4v) is 2.66. The predicted octanol–water partition coefficient (Wildman–Crippen LogP) is 4.00. The molecule has 7 heteroatoms. The van der Waals surface area contributed by atoms with Crippen molar-refractivity contribution in [2.45, 2.75) is 19.6 Å². The molecule has 0 fully saturated rings. The molecule has 0 bridgehead atoms. The molecule has 0 spiro atoms. The van der Waals surface area contributed by atoms with Gasteiger partial charge in [-0.25, -0.2) is 4.68 Å². The van der Waals surface area contributed by atoms with Crippen molar-refractivity contribution in [3.63, 3.8) is 0 Å². The van der Waals surface area contributed by atoms with E-state index in [-0.39, 0.29) is 5.91 Å². The molecule has 1 aromatic heterocycles. The van der Waals surface area contributed by atoms with Crippen LogP contribution in [0, 0.1) is 0 Å². The highest BCUT2D eigenvalue weighted by Crippen LogP contribution is 2.24. The zero-order chi connectivity index (χ0) is 19.2. The van der Waals surface area contributed by atoms with Crippen LogP contribution >= 0.6 is 11.6 Å². The Kier molecular flexibility index (Phi) is 5.98. The Morgan fingerprint density at radius 1 is 1.19 bits per heavy atom. The number of hydrogen-bond acceptors (Lipinski definition) is 4. The summed E-state index contributed by atoms with van der Waals surface area (Å²) in [4.78, 5) is 12.5. The van der Waals surface area contributed by atoms with Crippen LogP contribution in [-0.2, 0) is 11.3 Å². The molecule has 1 atom stereocenters. The third kappa shape index (κ3) is 4.80. The Bertz CT molecular complexity index is 909. The predicted molar refractivity (Wildman–Crippen MR) is 104 cm³/mol. The lowest BCUT2D eigenvalue weighted by Gasteiger charge is -2.16. The summed E-state index contributed by atoms with van der Waals surface area (Å²) in [6, 6.07) is 16.5. The maximum absolute atomic E-state index is 12.5. The van der Waals surface area contributed by atoms with E-state index in [2.05, 4.69) is 10.4 Å². The van der Waals surface area contributed by atoms with Gasteiger partial charge >= 0.3 is 0 Å². The number of nitrogens with one attached hydrogen (secondary N) is 1. The first kappa shape index (κ1) is 18.8. The number of rotatable bonds is 7. The van der Waals surface area contributed by atoms with Gasteiger partial charge in [0.1, 0.15) is 17.3 Å². The van der Waals surface area contributed by atoms with Crippen molar-refractivity contribution in [1.82, 2.24) is 9.78 Å². The third-order valence-corrected chi connectivity index (χ3v) is 4.28. The van der Waals surface area contributed by atoms with E-state index in [0.29, 0.717) is 23.1 Å². The summed E-state index contributed by atoms with van der Waals surface area (Å²) in [6.45, 7) is 2.19. The fraction of sp³-hybridized carbons (Fsp3) is 0.200. The van der Waals surface area contributed by atoms with Crippen LogP contribution in [0.4, 0.5) is 5.82 Å². The number of anilines is 1. The first-order valence-corrected chi connectivity index (χ1v) is 8.81. The number of benzene rings is 2. The molecule has 0 radical (unpaired) electrons. The minimum Gasteiger partial charge on any atom is -0.497 e. The molecule has 0 saturated carbocycles. The average Bonchev–Trinajstić information content (AvgIpc) is 3.10. The molecule has 0 saturated heterocycles. The second-order valence-electron chi connectivity index (χ2n) is 5.90. The van der Waals surface area contributed by atoms with E-state index in [1.165, 1.54) is 0 Å². The minimum atomic E-state index is -0.714. The Labute approximate surface area is 162 Å². The monoisotopic (exact) mass is 385 g/mol. The smallest absolute Gasteiger partial charge is 0.266 e. The van der Waals surface area contributed by atoms with Crippen molar-refractivity contribution < 1.29 is 14.3 Å². The summed E-state index contributed by atoms with van der Waals surface area (Å²) in [5, 5.41) is 7.57. The highest BCUT2D eigenvalue weighted by atomic mass is 35.5. The number of methoxy groups -OCH3 is 1. The summed E-state index contributed by atoms with van der Waals surface area (Å²) in [7, 11) is 1.63. The topological polar surface area (TPSA) is 65.4 Å². The van der Waals surface area contributed by atoms with Crippen molar-refractivity contribution in [2.75, 3.05) is 12.4 Å². The number of nitrogens with zero attached hydrogens (tertiary/aromatic N) is 2. The average molecular weight is 386 g/mol. The zero-order valence-electron chi connectivity index (χ0n) is 15.1. The van der Waals surface area contributed by atoms with Crippen LogP contribution in [0.25, 0.3) is 0 Å². The molecule has 140 valence electrons. The van der Waals surface area contributed by atoms with Crippen molar-refractivity contribution in [1.29, 1.82) is 0 Å². The second-order valence-corrected chi connectivity index (χ2v) is 6.31. The first-order chi connectivity index (χ1) is 13.1. The van der Waals surface area contributed by atoms with E-state index in [4.69, 9.17) is 21.1 Å². The van der Waals surface area contributed by atoms with Gasteiger partial charge in [-0.3, -0.25) is 4.79 Å². The van der Waals surface area contributed by atoms with E-state index < -0.39 is 6.10 Å². The number of hydrogen-bond donors (Lipinski definition) is 1. The van der Waals surface area contributed by atoms with E-state index >= 15 is 0 Å². The maximum atomic E-state index is 12.5.